The molecular weight excluding hydrogens is 226 g/mol. The first-order valence-electron chi connectivity index (χ1n) is 4.67. The number of benzene rings is 1. The summed E-state index contributed by atoms with van der Waals surface area (Å²) < 4.78 is 1.17. The van der Waals surface area contributed by atoms with E-state index < -0.39 is 0 Å². The van der Waals surface area contributed by atoms with Crippen LogP contribution in [-0.4, -0.2) is 12.1 Å². The normalized spacial score (nSPS) is 26.9. The van der Waals surface area contributed by atoms with Gasteiger partial charge in [-0.2, -0.15) is 0 Å². The van der Waals surface area contributed by atoms with Gasteiger partial charge in [-0.1, -0.05) is 28.1 Å². The van der Waals surface area contributed by atoms with Crippen LogP contribution in [0.15, 0.2) is 28.7 Å². The zero-order valence-corrected chi connectivity index (χ0v) is 9.39. The Morgan fingerprint density at radius 3 is 2.85 bits per heavy atom. The molecule has 1 aliphatic heterocycles. The third-order valence-corrected chi connectivity index (χ3v) is 3.21. The van der Waals surface area contributed by atoms with E-state index in [-0.39, 0.29) is 0 Å². The number of nitrogens with one attached hydrogen (secondary N) is 1. The molecule has 1 aromatic rings. The lowest BCUT2D eigenvalue weighted by Gasteiger charge is -2.40. The molecule has 1 aromatic carbocycles. The average Bonchev–Trinajstić information content (AvgIpc) is 2.01. The van der Waals surface area contributed by atoms with Crippen molar-refractivity contribution in [1.29, 1.82) is 0 Å². The third-order valence-electron chi connectivity index (χ3n) is 2.71. The van der Waals surface area contributed by atoms with Crippen LogP contribution in [0.5, 0.6) is 0 Å². The first-order valence-corrected chi connectivity index (χ1v) is 5.47. The van der Waals surface area contributed by atoms with E-state index in [1.807, 2.05) is 0 Å². The highest BCUT2D eigenvalue weighted by molar-refractivity contribution is 9.10. The van der Waals surface area contributed by atoms with E-state index in [0.717, 1.165) is 6.42 Å². The molecule has 70 valence electrons. The lowest BCUT2D eigenvalue weighted by atomic mass is 9.84. The molecule has 0 aliphatic carbocycles. The molecule has 1 nitrogen and oxygen atoms in total. The maximum absolute atomic E-state index is 3.49. The number of halogens is 1. The molecule has 2 rings (SSSR count). The predicted molar refractivity (Wildman–Crippen MR) is 58.9 cm³/mol. The fourth-order valence-electron chi connectivity index (χ4n) is 1.80. The van der Waals surface area contributed by atoms with Gasteiger partial charge in [0.25, 0.3) is 0 Å². The Morgan fingerprint density at radius 2 is 2.31 bits per heavy atom. The van der Waals surface area contributed by atoms with E-state index in [1.54, 1.807) is 0 Å². The van der Waals surface area contributed by atoms with Crippen molar-refractivity contribution in [3.63, 3.8) is 0 Å². The Kier molecular flexibility index (Phi) is 2.43. The van der Waals surface area contributed by atoms with Crippen molar-refractivity contribution >= 4 is 15.9 Å². The zero-order valence-electron chi connectivity index (χ0n) is 7.81. The quantitative estimate of drug-likeness (QED) is 0.838. The van der Waals surface area contributed by atoms with E-state index in [0.29, 0.717) is 5.54 Å². The molecular formula is C11H14BrN. The summed E-state index contributed by atoms with van der Waals surface area (Å²) in [4.78, 5) is 0. The Labute approximate surface area is 87.7 Å². The molecule has 0 amide bonds. The van der Waals surface area contributed by atoms with Crippen LogP contribution < -0.4 is 5.32 Å². The van der Waals surface area contributed by atoms with E-state index in [9.17, 15) is 0 Å². The van der Waals surface area contributed by atoms with E-state index in [1.165, 1.54) is 23.0 Å². The van der Waals surface area contributed by atoms with Crippen LogP contribution in [0.2, 0.25) is 0 Å². The lowest BCUT2D eigenvalue weighted by Crippen LogP contribution is -2.55. The molecule has 0 bridgehead atoms. The van der Waals surface area contributed by atoms with Crippen LogP contribution in [-0.2, 0) is 6.42 Å². The molecule has 0 radical (unpaired) electrons. The second-order valence-corrected chi connectivity index (χ2v) is 4.96. The van der Waals surface area contributed by atoms with E-state index in [4.69, 9.17) is 0 Å². The lowest BCUT2D eigenvalue weighted by molar-refractivity contribution is 0.231. The number of rotatable bonds is 2. The monoisotopic (exact) mass is 239 g/mol. The summed E-state index contributed by atoms with van der Waals surface area (Å²) in [6, 6.07) is 8.56. The van der Waals surface area contributed by atoms with Crippen LogP contribution in [0.3, 0.4) is 0 Å². The minimum absolute atomic E-state index is 0.348. The van der Waals surface area contributed by atoms with Gasteiger partial charge in [-0.15, -0.1) is 0 Å². The molecule has 1 atom stereocenters. The molecule has 1 N–H and O–H groups in total. The van der Waals surface area contributed by atoms with Crippen molar-refractivity contribution in [2.45, 2.75) is 25.3 Å². The van der Waals surface area contributed by atoms with Gasteiger partial charge in [-0.05, 0) is 44.0 Å². The van der Waals surface area contributed by atoms with Crippen molar-refractivity contribution in [2.75, 3.05) is 6.54 Å². The van der Waals surface area contributed by atoms with Crippen LogP contribution in [0.1, 0.15) is 18.9 Å². The Hall–Kier alpha value is -0.340. The summed E-state index contributed by atoms with van der Waals surface area (Å²) in [5, 5.41) is 3.47. The molecule has 1 heterocycles. The van der Waals surface area contributed by atoms with Crippen molar-refractivity contribution in [3.05, 3.63) is 34.3 Å². The van der Waals surface area contributed by atoms with Gasteiger partial charge in [-0.25, -0.2) is 0 Å². The first-order chi connectivity index (χ1) is 6.18. The highest BCUT2D eigenvalue weighted by atomic mass is 79.9. The standard InChI is InChI=1S/C11H14BrN/c1-11(5-6-13-11)8-9-3-2-4-10(12)7-9/h2-4,7,13H,5-6,8H2,1H3. The van der Waals surface area contributed by atoms with Gasteiger partial charge in [0.2, 0.25) is 0 Å². The molecule has 1 saturated heterocycles. The van der Waals surface area contributed by atoms with Crippen LogP contribution in [0.25, 0.3) is 0 Å². The largest absolute Gasteiger partial charge is 0.311 e. The van der Waals surface area contributed by atoms with Gasteiger partial charge >= 0.3 is 0 Å². The predicted octanol–water partition coefficient (Wildman–Crippen LogP) is 2.74. The Morgan fingerprint density at radius 1 is 1.54 bits per heavy atom. The average molecular weight is 240 g/mol. The van der Waals surface area contributed by atoms with E-state index >= 15 is 0 Å². The van der Waals surface area contributed by atoms with Crippen molar-refractivity contribution < 1.29 is 0 Å². The fourth-order valence-corrected chi connectivity index (χ4v) is 2.25. The molecule has 1 fully saturated rings. The van der Waals surface area contributed by atoms with Gasteiger partial charge in [0.1, 0.15) is 0 Å². The summed E-state index contributed by atoms with van der Waals surface area (Å²) in [6.07, 6.45) is 2.42. The number of hydrogen-bond donors (Lipinski definition) is 1. The van der Waals surface area contributed by atoms with Crippen molar-refractivity contribution in [1.82, 2.24) is 5.32 Å². The number of hydrogen-bond acceptors (Lipinski definition) is 1. The molecule has 0 saturated carbocycles. The second-order valence-electron chi connectivity index (χ2n) is 4.04. The maximum atomic E-state index is 3.49. The van der Waals surface area contributed by atoms with Crippen molar-refractivity contribution in [3.8, 4) is 0 Å². The van der Waals surface area contributed by atoms with Gasteiger partial charge in [0, 0.05) is 10.0 Å². The summed E-state index contributed by atoms with van der Waals surface area (Å²) >= 11 is 3.49. The smallest absolute Gasteiger partial charge is 0.0205 e. The summed E-state index contributed by atoms with van der Waals surface area (Å²) in [5.41, 5.74) is 1.75. The zero-order chi connectivity index (χ0) is 9.31. The highest BCUT2D eigenvalue weighted by Crippen LogP contribution is 2.24. The molecule has 13 heavy (non-hydrogen) atoms. The SMILES string of the molecule is CC1(Cc2cccc(Br)c2)CCN1. The van der Waals surface area contributed by atoms with Crippen molar-refractivity contribution in [2.24, 2.45) is 0 Å². The van der Waals surface area contributed by atoms with Crippen LogP contribution in [0, 0.1) is 0 Å². The Bertz CT molecular complexity index is 305. The Balaban J connectivity index is 2.09. The topological polar surface area (TPSA) is 12.0 Å². The van der Waals surface area contributed by atoms with E-state index in [2.05, 4.69) is 52.4 Å². The summed E-state index contributed by atoms with van der Waals surface area (Å²) in [7, 11) is 0. The minimum atomic E-state index is 0.348. The molecule has 1 unspecified atom stereocenters. The first kappa shape index (κ1) is 9.22. The molecule has 0 spiro atoms. The second kappa shape index (κ2) is 3.43. The maximum Gasteiger partial charge on any atom is 0.0205 e. The molecule has 0 aromatic heterocycles. The van der Waals surface area contributed by atoms with Gasteiger partial charge in [0.05, 0.1) is 0 Å². The molecule has 1 aliphatic rings. The minimum Gasteiger partial charge on any atom is -0.311 e. The fraction of sp³-hybridized carbons (Fsp3) is 0.455. The van der Waals surface area contributed by atoms with Gasteiger partial charge in [0.15, 0.2) is 0 Å². The highest BCUT2D eigenvalue weighted by Gasteiger charge is 2.30. The molecule has 2 heteroatoms. The summed E-state index contributed by atoms with van der Waals surface area (Å²) in [5.74, 6) is 0. The van der Waals surface area contributed by atoms with Crippen LogP contribution in [0.4, 0.5) is 0 Å². The van der Waals surface area contributed by atoms with Gasteiger partial charge in [-0.3, -0.25) is 0 Å². The van der Waals surface area contributed by atoms with Crippen LogP contribution >= 0.6 is 15.9 Å². The van der Waals surface area contributed by atoms with Gasteiger partial charge < -0.3 is 5.32 Å². The summed E-state index contributed by atoms with van der Waals surface area (Å²) in [6.45, 7) is 3.46. The third kappa shape index (κ3) is 2.12.